The van der Waals surface area contributed by atoms with Crippen molar-refractivity contribution in [2.75, 3.05) is 44.4 Å². The number of halogens is 1. The van der Waals surface area contributed by atoms with Crippen LogP contribution in [0.15, 0.2) is 35.4 Å². The van der Waals surface area contributed by atoms with Crippen LogP contribution in [0.5, 0.6) is 5.88 Å². The van der Waals surface area contributed by atoms with E-state index in [4.69, 9.17) is 4.74 Å². The average molecular weight is 512 g/mol. The van der Waals surface area contributed by atoms with Crippen LogP contribution in [0.4, 0.5) is 10.2 Å². The number of hydrogen-bond donors (Lipinski definition) is 3. The third kappa shape index (κ3) is 5.40. The highest BCUT2D eigenvalue weighted by molar-refractivity contribution is 8.00. The molecule has 1 fully saturated rings. The highest BCUT2D eigenvalue weighted by atomic mass is 32.2. The quantitative estimate of drug-likeness (QED) is 0.385. The molecule has 0 aromatic carbocycles. The number of carbonyl (C=O) groups excluding carboxylic acids is 2. The summed E-state index contributed by atoms with van der Waals surface area (Å²) in [5, 5.41) is 9.39. The molecule has 2 amide bonds. The summed E-state index contributed by atoms with van der Waals surface area (Å²) in [5.41, 5.74) is 2.32. The number of methoxy groups -OCH3 is 1. The van der Waals surface area contributed by atoms with Crippen LogP contribution >= 0.6 is 11.8 Å². The fraction of sp³-hybridized carbons (Fsp3) is 0.375. The molecule has 1 unspecified atom stereocenters. The summed E-state index contributed by atoms with van der Waals surface area (Å²) in [5.74, 6) is 0.871. The molecule has 188 valence electrons. The number of fused-ring (bicyclic) bond motifs is 2. The Kier molecular flexibility index (Phi) is 7.25. The van der Waals surface area contributed by atoms with E-state index in [1.807, 2.05) is 12.1 Å². The van der Waals surface area contributed by atoms with Crippen molar-refractivity contribution in [3.05, 3.63) is 47.5 Å². The summed E-state index contributed by atoms with van der Waals surface area (Å²) in [6.45, 7) is 2.25. The van der Waals surface area contributed by atoms with E-state index in [1.165, 1.54) is 25.1 Å². The number of piperazine rings is 1. The highest BCUT2D eigenvalue weighted by Crippen LogP contribution is 2.30. The number of amides is 2. The lowest BCUT2D eigenvalue weighted by atomic mass is 10.1. The molecule has 0 spiro atoms. The zero-order chi connectivity index (χ0) is 25.1. The fourth-order valence-electron chi connectivity index (χ4n) is 4.27. The van der Waals surface area contributed by atoms with E-state index >= 15 is 0 Å². The lowest BCUT2D eigenvalue weighted by Gasteiger charge is -2.33. The van der Waals surface area contributed by atoms with Crippen molar-refractivity contribution in [2.45, 2.75) is 23.9 Å². The molecule has 3 aromatic heterocycles. The van der Waals surface area contributed by atoms with Gasteiger partial charge in [0.2, 0.25) is 17.7 Å². The van der Waals surface area contributed by atoms with Crippen molar-refractivity contribution < 1.29 is 18.7 Å². The summed E-state index contributed by atoms with van der Waals surface area (Å²) >= 11 is 1.45. The Morgan fingerprint density at radius 1 is 1.25 bits per heavy atom. The molecule has 0 radical (unpaired) electrons. The number of hydrogen-bond acceptors (Lipinski definition) is 9. The van der Waals surface area contributed by atoms with Gasteiger partial charge in [0.05, 0.1) is 53.8 Å². The summed E-state index contributed by atoms with van der Waals surface area (Å²) in [7, 11) is 1.52. The molecule has 2 aliphatic heterocycles. The van der Waals surface area contributed by atoms with Crippen LogP contribution < -0.4 is 20.7 Å². The first-order valence-electron chi connectivity index (χ1n) is 11.6. The maximum absolute atomic E-state index is 14.5. The zero-order valence-electron chi connectivity index (χ0n) is 19.7. The Balaban J connectivity index is 1.16. The van der Waals surface area contributed by atoms with Gasteiger partial charge >= 0.3 is 0 Å². The molecular weight excluding hydrogens is 485 g/mol. The minimum absolute atomic E-state index is 0.00507. The third-order valence-corrected chi connectivity index (χ3v) is 7.16. The fourth-order valence-corrected chi connectivity index (χ4v) is 5.03. The van der Waals surface area contributed by atoms with Crippen molar-refractivity contribution >= 4 is 40.4 Å². The Morgan fingerprint density at radius 3 is 3.00 bits per heavy atom. The van der Waals surface area contributed by atoms with Crippen LogP contribution in [0.1, 0.15) is 11.3 Å². The number of pyridine rings is 3. The molecule has 0 bridgehead atoms. The molecule has 5 rings (SSSR count). The smallest absolute Gasteiger partial charge is 0.236 e. The largest absolute Gasteiger partial charge is 0.481 e. The lowest BCUT2D eigenvalue weighted by molar-refractivity contribution is -0.133. The van der Waals surface area contributed by atoms with E-state index in [2.05, 4.69) is 30.9 Å². The normalized spacial score (nSPS) is 17.7. The van der Waals surface area contributed by atoms with Gasteiger partial charge in [0.1, 0.15) is 11.6 Å². The van der Waals surface area contributed by atoms with Crippen molar-refractivity contribution in [1.82, 2.24) is 30.5 Å². The molecule has 10 nitrogen and oxygen atoms in total. The second kappa shape index (κ2) is 10.7. The Bertz CT molecular complexity index is 1310. The topological polar surface area (TPSA) is 121 Å². The zero-order valence-corrected chi connectivity index (χ0v) is 20.5. The van der Waals surface area contributed by atoms with Gasteiger partial charge in [-0.05, 0) is 31.2 Å². The summed E-state index contributed by atoms with van der Waals surface area (Å²) in [6, 6.07) is 7.32. The predicted octanol–water partition coefficient (Wildman–Crippen LogP) is 1.35. The number of thioether (sulfide) groups is 1. The lowest BCUT2D eigenvalue weighted by Crippen LogP contribution is -2.56. The molecule has 1 saturated heterocycles. The Morgan fingerprint density at radius 2 is 2.14 bits per heavy atom. The molecule has 2 aliphatic rings. The van der Waals surface area contributed by atoms with Crippen LogP contribution in [0, 0.1) is 5.82 Å². The van der Waals surface area contributed by atoms with Crippen LogP contribution in [0.25, 0.3) is 11.0 Å². The summed E-state index contributed by atoms with van der Waals surface area (Å²) in [6.07, 6.45) is 1.65. The van der Waals surface area contributed by atoms with E-state index < -0.39 is 5.82 Å². The van der Waals surface area contributed by atoms with Gasteiger partial charge in [-0.1, -0.05) is 0 Å². The van der Waals surface area contributed by atoms with Crippen LogP contribution in [-0.2, 0) is 22.6 Å². The van der Waals surface area contributed by atoms with E-state index in [1.54, 1.807) is 17.0 Å². The number of carbonyl (C=O) groups is 2. The molecule has 12 heteroatoms. The van der Waals surface area contributed by atoms with Gasteiger partial charge in [-0.3, -0.25) is 14.6 Å². The van der Waals surface area contributed by atoms with E-state index in [-0.39, 0.29) is 24.4 Å². The number of ether oxygens (including phenoxy) is 1. The molecule has 5 heterocycles. The SMILES string of the molecule is COc1ccc2ncc(F)c(CCNCC3CN(Cc4ccc5c(n4)NC(=O)CS5)C(=O)CN3)c2n1. The number of aromatic nitrogens is 3. The molecular formula is C24H26FN7O3S. The molecule has 3 aromatic rings. The Labute approximate surface area is 211 Å². The van der Waals surface area contributed by atoms with Crippen molar-refractivity contribution in [3.63, 3.8) is 0 Å². The first-order chi connectivity index (χ1) is 17.5. The van der Waals surface area contributed by atoms with Crippen molar-refractivity contribution in [3.8, 4) is 5.88 Å². The molecule has 36 heavy (non-hydrogen) atoms. The van der Waals surface area contributed by atoms with Crippen LogP contribution in [0.2, 0.25) is 0 Å². The first-order valence-corrected chi connectivity index (χ1v) is 12.6. The highest BCUT2D eigenvalue weighted by Gasteiger charge is 2.26. The number of anilines is 1. The van der Waals surface area contributed by atoms with Gasteiger partial charge < -0.3 is 25.6 Å². The number of nitrogens with zero attached hydrogens (tertiary/aromatic N) is 4. The van der Waals surface area contributed by atoms with Gasteiger partial charge in [0, 0.05) is 30.8 Å². The van der Waals surface area contributed by atoms with Crippen molar-refractivity contribution in [1.29, 1.82) is 0 Å². The van der Waals surface area contributed by atoms with Crippen LogP contribution in [0.3, 0.4) is 0 Å². The monoisotopic (exact) mass is 511 g/mol. The maximum atomic E-state index is 14.5. The number of rotatable bonds is 8. The van der Waals surface area contributed by atoms with E-state index in [0.29, 0.717) is 66.6 Å². The van der Waals surface area contributed by atoms with Gasteiger partial charge in [-0.2, -0.15) is 0 Å². The Hall–Kier alpha value is -3.35. The van der Waals surface area contributed by atoms with Gasteiger partial charge in [0.25, 0.3) is 0 Å². The minimum atomic E-state index is -0.398. The standard InChI is InChI=1S/C24H26FN7O3S/c1-35-21-5-3-18-23(31-21)16(17(25)9-28-18)6-7-26-8-15-12-32(22(34)10-27-15)11-14-2-4-19-24(29-14)30-20(33)13-36-19/h2-5,9,15,26-27H,6-8,10-13H2,1H3,(H,29,30,33). The average Bonchev–Trinajstić information content (AvgIpc) is 2.88. The maximum Gasteiger partial charge on any atom is 0.236 e. The predicted molar refractivity (Wildman–Crippen MR) is 133 cm³/mol. The molecule has 0 saturated carbocycles. The van der Waals surface area contributed by atoms with E-state index in [9.17, 15) is 14.0 Å². The second-order valence-corrected chi connectivity index (χ2v) is 9.62. The molecule has 3 N–H and O–H groups in total. The van der Waals surface area contributed by atoms with Gasteiger partial charge in [0.15, 0.2) is 0 Å². The summed E-state index contributed by atoms with van der Waals surface area (Å²) in [4.78, 5) is 39.9. The minimum Gasteiger partial charge on any atom is -0.481 e. The van der Waals surface area contributed by atoms with Crippen molar-refractivity contribution in [2.24, 2.45) is 0 Å². The van der Waals surface area contributed by atoms with Gasteiger partial charge in [-0.25, -0.2) is 14.4 Å². The molecule has 1 atom stereocenters. The number of nitrogens with one attached hydrogen (secondary N) is 3. The molecule has 0 aliphatic carbocycles. The van der Waals surface area contributed by atoms with Gasteiger partial charge in [-0.15, -0.1) is 11.8 Å². The van der Waals surface area contributed by atoms with Crippen LogP contribution in [-0.4, -0.2) is 76.7 Å². The second-order valence-electron chi connectivity index (χ2n) is 8.60. The summed E-state index contributed by atoms with van der Waals surface area (Å²) < 4.78 is 19.7. The van der Waals surface area contributed by atoms with E-state index in [0.717, 1.165) is 10.6 Å². The third-order valence-electron chi connectivity index (χ3n) is 6.11. The first kappa shape index (κ1) is 24.3.